The number of ether oxygens (including phenoxy) is 3. The Morgan fingerprint density at radius 3 is 2.40 bits per heavy atom. The SMILES string of the molecule is CCOc1ccc(COc2ccc3c(c2)C=C(C(=O)Nc2ccc(CN(C)C4CCOCC4)cc2)CCC3)cc1. The minimum Gasteiger partial charge on any atom is -0.494 e. The maximum atomic E-state index is 13.2. The monoisotopic (exact) mass is 540 g/mol. The highest BCUT2D eigenvalue weighted by molar-refractivity contribution is 6.07. The van der Waals surface area contributed by atoms with Crippen LogP contribution in [0.5, 0.6) is 11.5 Å². The third kappa shape index (κ3) is 7.52. The summed E-state index contributed by atoms with van der Waals surface area (Å²) in [6.45, 7) is 5.69. The molecule has 3 aromatic rings. The molecular weight excluding hydrogens is 500 g/mol. The fourth-order valence-corrected chi connectivity index (χ4v) is 5.40. The first-order chi connectivity index (χ1) is 19.6. The first-order valence-corrected chi connectivity index (χ1v) is 14.4. The molecule has 1 aliphatic carbocycles. The van der Waals surface area contributed by atoms with Crippen molar-refractivity contribution in [2.45, 2.75) is 58.2 Å². The lowest BCUT2D eigenvalue weighted by atomic mass is 10.0. The van der Waals surface area contributed by atoms with Gasteiger partial charge in [0.25, 0.3) is 5.91 Å². The average Bonchev–Trinajstić information content (AvgIpc) is 3.21. The van der Waals surface area contributed by atoms with E-state index in [0.717, 1.165) is 85.7 Å². The molecule has 1 saturated heterocycles. The van der Waals surface area contributed by atoms with Crippen LogP contribution in [0.15, 0.2) is 72.3 Å². The average molecular weight is 541 g/mol. The first-order valence-electron chi connectivity index (χ1n) is 14.4. The summed E-state index contributed by atoms with van der Waals surface area (Å²) in [5.41, 5.74) is 6.24. The van der Waals surface area contributed by atoms with Gasteiger partial charge in [-0.25, -0.2) is 0 Å². The van der Waals surface area contributed by atoms with Gasteiger partial charge in [0.15, 0.2) is 0 Å². The summed E-state index contributed by atoms with van der Waals surface area (Å²) in [4.78, 5) is 15.6. The summed E-state index contributed by atoms with van der Waals surface area (Å²) < 4.78 is 17.1. The number of hydrogen-bond acceptors (Lipinski definition) is 5. The third-order valence-corrected chi connectivity index (χ3v) is 7.73. The van der Waals surface area contributed by atoms with Crippen LogP contribution in [-0.2, 0) is 29.1 Å². The Morgan fingerprint density at radius 2 is 1.65 bits per heavy atom. The van der Waals surface area contributed by atoms with E-state index in [1.165, 1.54) is 11.1 Å². The highest BCUT2D eigenvalue weighted by Gasteiger charge is 2.19. The summed E-state index contributed by atoms with van der Waals surface area (Å²) in [6, 6.07) is 22.9. The van der Waals surface area contributed by atoms with Gasteiger partial charge < -0.3 is 19.5 Å². The standard InChI is InChI=1S/C34H40N2O4/c1-3-39-32-14-9-26(10-15-32)24-40-33-16-11-27-5-4-6-28(21-29(27)22-33)34(37)35-30-12-7-25(8-13-30)23-36(2)31-17-19-38-20-18-31/h7-16,21-22,31H,3-6,17-20,23-24H2,1-2H3,(H,35,37). The van der Waals surface area contributed by atoms with Crippen molar-refractivity contribution in [2.24, 2.45) is 0 Å². The number of nitrogens with zero attached hydrogens (tertiary/aromatic N) is 1. The van der Waals surface area contributed by atoms with Crippen LogP contribution in [0.25, 0.3) is 6.08 Å². The Bertz CT molecular complexity index is 1290. The van der Waals surface area contributed by atoms with Gasteiger partial charge in [-0.05, 0) is 111 Å². The predicted octanol–water partition coefficient (Wildman–Crippen LogP) is 6.63. The van der Waals surface area contributed by atoms with Gasteiger partial charge in [-0.15, -0.1) is 0 Å². The molecule has 1 fully saturated rings. The number of carbonyl (C=O) groups is 1. The second-order valence-electron chi connectivity index (χ2n) is 10.7. The Morgan fingerprint density at radius 1 is 0.925 bits per heavy atom. The zero-order valence-corrected chi connectivity index (χ0v) is 23.7. The number of carbonyl (C=O) groups excluding carboxylic acids is 1. The van der Waals surface area contributed by atoms with Gasteiger partial charge in [0.1, 0.15) is 18.1 Å². The number of anilines is 1. The molecule has 5 rings (SSSR count). The molecule has 1 aliphatic heterocycles. The van der Waals surface area contributed by atoms with Gasteiger partial charge >= 0.3 is 0 Å². The quantitative estimate of drug-likeness (QED) is 0.313. The van der Waals surface area contributed by atoms with Crippen molar-refractivity contribution in [1.29, 1.82) is 0 Å². The van der Waals surface area contributed by atoms with E-state index in [9.17, 15) is 4.79 Å². The number of benzene rings is 3. The fourth-order valence-electron chi connectivity index (χ4n) is 5.40. The van der Waals surface area contributed by atoms with Crippen molar-refractivity contribution in [3.05, 3.63) is 94.6 Å². The molecular formula is C34H40N2O4. The summed E-state index contributed by atoms with van der Waals surface area (Å²) >= 11 is 0. The van der Waals surface area contributed by atoms with E-state index in [1.807, 2.05) is 61.5 Å². The van der Waals surface area contributed by atoms with Gasteiger partial charge in [0, 0.05) is 37.1 Å². The van der Waals surface area contributed by atoms with Crippen LogP contribution in [-0.4, -0.2) is 43.7 Å². The van der Waals surface area contributed by atoms with E-state index >= 15 is 0 Å². The molecule has 1 heterocycles. The molecule has 2 aliphatic rings. The smallest absolute Gasteiger partial charge is 0.251 e. The summed E-state index contributed by atoms with van der Waals surface area (Å²) in [5.74, 6) is 1.62. The zero-order chi connectivity index (χ0) is 27.7. The van der Waals surface area contributed by atoms with Gasteiger partial charge in [-0.1, -0.05) is 30.3 Å². The van der Waals surface area contributed by atoms with E-state index in [4.69, 9.17) is 14.2 Å². The minimum atomic E-state index is -0.0411. The number of amides is 1. The van der Waals surface area contributed by atoms with E-state index < -0.39 is 0 Å². The maximum Gasteiger partial charge on any atom is 0.251 e. The van der Waals surface area contributed by atoms with Crippen LogP contribution < -0.4 is 14.8 Å². The number of nitrogens with one attached hydrogen (secondary N) is 1. The van der Waals surface area contributed by atoms with Crippen molar-refractivity contribution in [2.75, 3.05) is 32.2 Å². The lowest BCUT2D eigenvalue weighted by Gasteiger charge is -2.31. The molecule has 40 heavy (non-hydrogen) atoms. The van der Waals surface area contributed by atoms with Crippen molar-refractivity contribution in [1.82, 2.24) is 4.90 Å². The van der Waals surface area contributed by atoms with Crippen LogP contribution in [0.2, 0.25) is 0 Å². The normalized spacial score (nSPS) is 15.6. The minimum absolute atomic E-state index is 0.0411. The van der Waals surface area contributed by atoms with Crippen LogP contribution >= 0.6 is 0 Å². The molecule has 3 aromatic carbocycles. The topological polar surface area (TPSA) is 60.0 Å². The lowest BCUT2D eigenvalue weighted by Crippen LogP contribution is -2.36. The van der Waals surface area contributed by atoms with E-state index in [2.05, 4.69) is 35.5 Å². The molecule has 1 amide bonds. The maximum absolute atomic E-state index is 13.2. The van der Waals surface area contributed by atoms with Crippen LogP contribution in [0.1, 0.15) is 54.9 Å². The molecule has 210 valence electrons. The molecule has 0 bridgehead atoms. The highest BCUT2D eigenvalue weighted by Crippen LogP contribution is 2.28. The van der Waals surface area contributed by atoms with Crippen molar-refractivity contribution < 1.29 is 19.0 Å². The number of hydrogen-bond donors (Lipinski definition) is 1. The molecule has 0 atom stereocenters. The van der Waals surface area contributed by atoms with Crippen LogP contribution in [0.4, 0.5) is 5.69 Å². The molecule has 6 heteroatoms. The number of rotatable bonds is 10. The van der Waals surface area contributed by atoms with Crippen molar-refractivity contribution in [3.63, 3.8) is 0 Å². The van der Waals surface area contributed by atoms with E-state index in [-0.39, 0.29) is 5.91 Å². The van der Waals surface area contributed by atoms with Gasteiger partial charge in [-0.3, -0.25) is 9.69 Å². The zero-order valence-electron chi connectivity index (χ0n) is 23.7. The second-order valence-corrected chi connectivity index (χ2v) is 10.7. The summed E-state index contributed by atoms with van der Waals surface area (Å²) in [6.07, 6.45) is 6.82. The molecule has 1 N–H and O–H groups in total. The number of aryl methyl sites for hydroxylation is 1. The van der Waals surface area contributed by atoms with Crippen molar-refractivity contribution in [3.8, 4) is 11.5 Å². The Hall–Kier alpha value is -3.61. The number of fused-ring (bicyclic) bond motifs is 1. The van der Waals surface area contributed by atoms with Crippen LogP contribution in [0, 0.1) is 0 Å². The molecule has 6 nitrogen and oxygen atoms in total. The molecule has 0 spiro atoms. The molecule has 0 unspecified atom stereocenters. The Labute approximate surface area is 237 Å². The van der Waals surface area contributed by atoms with E-state index in [0.29, 0.717) is 19.3 Å². The van der Waals surface area contributed by atoms with Crippen LogP contribution in [0.3, 0.4) is 0 Å². The first kappa shape index (κ1) is 27.9. The lowest BCUT2D eigenvalue weighted by molar-refractivity contribution is -0.112. The Balaban J connectivity index is 1.19. The second kappa shape index (κ2) is 13.6. The predicted molar refractivity (Wildman–Crippen MR) is 160 cm³/mol. The summed E-state index contributed by atoms with van der Waals surface area (Å²) in [7, 11) is 2.18. The summed E-state index contributed by atoms with van der Waals surface area (Å²) in [5, 5.41) is 3.11. The third-order valence-electron chi connectivity index (χ3n) is 7.73. The van der Waals surface area contributed by atoms with Gasteiger partial charge in [0.05, 0.1) is 6.61 Å². The fraction of sp³-hybridized carbons (Fsp3) is 0.382. The van der Waals surface area contributed by atoms with Gasteiger partial charge in [0.2, 0.25) is 0 Å². The van der Waals surface area contributed by atoms with E-state index in [1.54, 1.807) is 0 Å². The highest BCUT2D eigenvalue weighted by atomic mass is 16.5. The van der Waals surface area contributed by atoms with Crippen molar-refractivity contribution >= 4 is 17.7 Å². The molecule has 0 aromatic heterocycles. The Kier molecular flexibility index (Phi) is 9.53. The molecule has 0 saturated carbocycles. The van der Waals surface area contributed by atoms with Gasteiger partial charge in [-0.2, -0.15) is 0 Å². The molecule has 0 radical (unpaired) electrons. The largest absolute Gasteiger partial charge is 0.494 e.